The van der Waals surface area contributed by atoms with E-state index in [1.807, 2.05) is 6.07 Å². The van der Waals surface area contributed by atoms with E-state index >= 15 is 0 Å². The van der Waals surface area contributed by atoms with Crippen molar-refractivity contribution in [3.8, 4) is 0 Å². The number of rotatable bonds is 6. The van der Waals surface area contributed by atoms with Crippen molar-refractivity contribution < 1.29 is 4.39 Å². The third kappa shape index (κ3) is 4.06. The Balaban J connectivity index is 1.99. The van der Waals surface area contributed by atoms with Crippen molar-refractivity contribution in [1.82, 2.24) is 4.90 Å². The molecule has 1 saturated carbocycles. The van der Waals surface area contributed by atoms with Crippen LogP contribution in [-0.4, -0.2) is 17.5 Å². The van der Waals surface area contributed by atoms with Crippen LogP contribution in [0.15, 0.2) is 22.7 Å². The molecule has 3 heteroatoms. The molecule has 1 aliphatic carbocycles. The summed E-state index contributed by atoms with van der Waals surface area (Å²) in [4.78, 5) is 2.54. The smallest absolute Gasteiger partial charge is 0.124 e. The van der Waals surface area contributed by atoms with Crippen LogP contribution in [-0.2, 0) is 6.54 Å². The van der Waals surface area contributed by atoms with E-state index in [1.165, 1.54) is 24.8 Å². The molecule has 0 spiro atoms. The average molecular weight is 314 g/mol. The van der Waals surface area contributed by atoms with Gasteiger partial charge in [0.25, 0.3) is 0 Å². The molecule has 0 unspecified atom stereocenters. The minimum atomic E-state index is -0.175. The fraction of sp³-hybridized carbons (Fsp3) is 0.600. The van der Waals surface area contributed by atoms with E-state index in [2.05, 4.69) is 34.7 Å². The highest BCUT2D eigenvalue weighted by Crippen LogP contribution is 2.30. The maximum absolute atomic E-state index is 13.1. The Morgan fingerprint density at radius 3 is 2.67 bits per heavy atom. The average Bonchev–Trinajstić information content (AvgIpc) is 3.10. The monoisotopic (exact) mass is 313 g/mol. The number of benzene rings is 1. The van der Waals surface area contributed by atoms with Gasteiger partial charge < -0.3 is 0 Å². The van der Waals surface area contributed by atoms with Crippen LogP contribution in [0, 0.1) is 11.7 Å². The highest BCUT2D eigenvalue weighted by Gasteiger charge is 2.29. The van der Waals surface area contributed by atoms with Crippen molar-refractivity contribution in [3.63, 3.8) is 0 Å². The molecule has 1 aliphatic rings. The van der Waals surface area contributed by atoms with Crippen LogP contribution in [0.5, 0.6) is 0 Å². The Kier molecular flexibility index (Phi) is 4.79. The van der Waals surface area contributed by atoms with Crippen LogP contribution >= 0.6 is 15.9 Å². The molecule has 1 fully saturated rings. The van der Waals surface area contributed by atoms with Gasteiger partial charge in [-0.05, 0) is 49.4 Å². The topological polar surface area (TPSA) is 3.24 Å². The van der Waals surface area contributed by atoms with Crippen molar-refractivity contribution in [2.45, 2.75) is 45.7 Å². The quantitative estimate of drug-likeness (QED) is 0.742. The maximum atomic E-state index is 13.1. The van der Waals surface area contributed by atoms with Crippen molar-refractivity contribution >= 4 is 15.9 Å². The van der Waals surface area contributed by atoms with E-state index in [0.29, 0.717) is 0 Å². The van der Waals surface area contributed by atoms with Crippen molar-refractivity contribution in [2.24, 2.45) is 5.92 Å². The first-order valence-corrected chi connectivity index (χ1v) is 7.53. The van der Waals surface area contributed by atoms with Gasteiger partial charge in [-0.2, -0.15) is 0 Å². The largest absolute Gasteiger partial charge is 0.296 e. The maximum Gasteiger partial charge on any atom is 0.124 e. The summed E-state index contributed by atoms with van der Waals surface area (Å²) in [6, 6.07) is 5.75. The normalized spacial score (nSPS) is 15.7. The van der Waals surface area contributed by atoms with Gasteiger partial charge in [0.05, 0.1) is 0 Å². The summed E-state index contributed by atoms with van der Waals surface area (Å²) in [5, 5.41) is 0. The summed E-state index contributed by atoms with van der Waals surface area (Å²) >= 11 is 3.46. The number of hydrogen-bond acceptors (Lipinski definition) is 1. The van der Waals surface area contributed by atoms with Gasteiger partial charge in [-0.1, -0.05) is 35.8 Å². The minimum Gasteiger partial charge on any atom is -0.296 e. The van der Waals surface area contributed by atoms with E-state index in [-0.39, 0.29) is 5.82 Å². The summed E-state index contributed by atoms with van der Waals surface area (Å²) in [7, 11) is 0. The third-order valence-corrected chi connectivity index (χ3v) is 4.18. The molecule has 0 aliphatic heterocycles. The third-order valence-electron chi connectivity index (χ3n) is 3.45. The van der Waals surface area contributed by atoms with Gasteiger partial charge in [0.2, 0.25) is 0 Å². The highest BCUT2D eigenvalue weighted by molar-refractivity contribution is 9.10. The fourth-order valence-electron chi connectivity index (χ4n) is 2.12. The van der Waals surface area contributed by atoms with Gasteiger partial charge in [0.1, 0.15) is 5.82 Å². The Morgan fingerprint density at radius 2 is 2.11 bits per heavy atom. The van der Waals surface area contributed by atoms with Gasteiger partial charge in [0.15, 0.2) is 0 Å². The van der Waals surface area contributed by atoms with Crippen LogP contribution in [0.25, 0.3) is 0 Å². The first-order chi connectivity index (χ1) is 8.56. The molecule has 1 aromatic rings. The van der Waals surface area contributed by atoms with Crippen LogP contribution in [0.4, 0.5) is 4.39 Å². The SMILES string of the molecule is CC(C)CCN(Cc1ccc(F)cc1Br)C1CC1. The lowest BCUT2D eigenvalue weighted by Gasteiger charge is -2.23. The molecular weight excluding hydrogens is 293 g/mol. The summed E-state index contributed by atoms with van der Waals surface area (Å²) in [6.07, 6.45) is 3.86. The molecular formula is C15H21BrFN. The van der Waals surface area contributed by atoms with Crippen molar-refractivity contribution in [2.75, 3.05) is 6.54 Å². The van der Waals surface area contributed by atoms with Gasteiger partial charge >= 0.3 is 0 Å². The first kappa shape index (κ1) is 14.0. The molecule has 0 atom stereocenters. The molecule has 0 amide bonds. The van der Waals surface area contributed by atoms with Gasteiger partial charge in [0, 0.05) is 17.1 Å². The van der Waals surface area contributed by atoms with Gasteiger partial charge in [-0.3, -0.25) is 4.90 Å². The fourth-order valence-corrected chi connectivity index (χ4v) is 2.60. The lowest BCUT2D eigenvalue weighted by atomic mass is 10.1. The van der Waals surface area contributed by atoms with Crippen LogP contribution < -0.4 is 0 Å². The molecule has 100 valence electrons. The second kappa shape index (κ2) is 6.16. The molecule has 0 saturated heterocycles. The summed E-state index contributed by atoms with van der Waals surface area (Å²) in [5.74, 6) is 0.564. The van der Waals surface area contributed by atoms with E-state index < -0.39 is 0 Å². The predicted molar refractivity (Wildman–Crippen MR) is 77.0 cm³/mol. The Labute approximate surface area is 118 Å². The molecule has 0 heterocycles. The lowest BCUT2D eigenvalue weighted by Crippen LogP contribution is -2.27. The van der Waals surface area contributed by atoms with E-state index in [0.717, 1.165) is 29.5 Å². The van der Waals surface area contributed by atoms with E-state index in [4.69, 9.17) is 0 Å². The van der Waals surface area contributed by atoms with E-state index in [9.17, 15) is 4.39 Å². The van der Waals surface area contributed by atoms with Gasteiger partial charge in [-0.15, -0.1) is 0 Å². The zero-order valence-corrected chi connectivity index (χ0v) is 12.7. The molecule has 0 bridgehead atoms. The summed E-state index contributed by atoms with van der Waals surface area (Å²) in [6.45, 7) is 6.60. The van der Waals surface area contributed by atoms with Crippen LogP contribution in [0.1, 0.15) is 38.7 Å². The highest BCUT2D eigenvalue weighted by atomic mass is 79.9. The van der Waals surface area contributed by atoms with E-state index in [1.54, 1.807) is 12.1 Å². The zero-order valence-electron chi connectivity index (χ0n) is 11.1. The summed E-state index contributed by atoms with van der Waals surface area (Å²) in [5.41, 5.74) is 1.19. The Hall–Kier alpha value is -0.410. The summed E-state index contributed by atoms with van der Waals surface area (Å²) < 4.78 is 14.0. The van der Waals surface area contributed by atoms with Crippen molar-refractivity contribution in [1.29, 1.82) is 0 Å². The Morgan fingerprint density at radius 1 is 1.39 bits per heavy atom. The number of halogens is 2. The molecule has 0 N–H and O–H groups in total. The standard InChI is InChI=1S/C15H21BrFN/c1-11(2)7-8-18(14-5-6-14)10-12-3-4-13(17)9-15(12)16/h3-4,9,11,14H,5-8,10H2,1-2H3. The molecule has 2 rings (SSSR count). The minimum absolute atomic E-state index is 0.175. The Bertz CT molecular complexity index is 401. The second-order valence-electron chi connectivity index (χ2n) is 5.62. The molecule has 0 aromatic heterocycles. The predicted octanol–water partition coefficient (Wildman–Crippen LogP) is 4.60. The molecule has 18 heavy (non-hydrogen) atoms. The molecule has 0 radical (unpaired) electrons. The van der Waals surface area contributed by atoms with Gasteiger partial charge in [-0.25, -0.2) is 4.39 Å². The second-order valence-corrected chi connectivity index (χ2v) is 6.47. The van der Waals surface area contributed by atoms with Crippen LogP contribution in [0.3, 0.4) is 0 Å². The van der Waals surface area contributed by atoms with Crippen molar-refractivity contribution in [3.05, 3.63) is 34.1 Å². The van der Waals surface area contributed by atoms with Crippen LogP contribution in [0.2, 0.25) is 0 Å². The lowest BCUT2D eigenvalue weighted by molar-refractivity contribution is 0.239. The molecule has 1 nitrogen and oxygen atoms in total. The molecule has 1 aromatic carbocycles. The number of nitrogens with zero attached hydrogens (tertiary/aromatic N) is 1. The first-order valence-electron chi connectivity index (χ1n) is 6.74. The number of hydrogen-bond donors (Lipinski definition) is 0. The zero-order chi connectivity index (χ0) is 13.1.